The van der Waals surface area contributed by atoms with Crippen LogP contribution in [-0.2, 0) is 22.2 Å². The Balaban J connectivity index is 2.09. The summed E-state index contributed by atoms with van der Waals surface area (Å²) in [5.74, 6) is 0. The minimum absolute atomic E-state index is 0.184. The lowest BCUT2D eigenvalue weighted by atomic mass is 9.97. The molecule has 0 amide bonds. The van der Waals surface area contributed by atoms with Crippen LogP contribution in [0.4, 0.5) is 0 Å². The number of thiophene rings is 1. The zero-order valence-corrected chi connectivity index (χ0v) is 14.9. The summed E-state index contributed by atoms with van der Waals surface area (Å²) in [6.45, 7) is 5.36. The number of rotatable bonds is 5. The molecule has 0 radical (unpaired) electrons. The fraction of sp³-hybridized carbons (Fsp3) is 0.333. The van der Waals surface area contributed by atoms with Crippen molar-refractivity contribution in [3.05, 3.63) is 51.4 Å². The molecule has 2 rings (SSSR count). The third kappa shape index (κ3) is 4.08. The van der Waals surface area contributed by atoms with Gasteiger partial charge < -0.3 is 5.11 Å². The molecule has 1 aromatic heterocycles. The molecule has 1 heterocycles. The second kappa shape index (κ2) is 6.29. The highest BCUT2D eigenvalue weighted by Gasteiger charge is 2.19. The van der Waals surface area contributed by atoms with Gasteiger partial charge in [-0.2, -0.15) is 0 Å². The topological polar surface area (TPSA) is 66.4 Å². The van der Waals surface area contributed by atoms with E-state index in [1.807, 2.05) is 0 Å². The van der Waals surface area contributed by atoms with E-state index in [2.05, 4.69) is 4.72 Å². The van der Waals surface area contributed by atoms with Gasteiger partial charge in [-0.1, -0.05) is 35.9 Å². The van der Waals surface area contributed by atoms with Gasteiger partial charge in [0.25, 0.3) is 0 Å². The van der Waals surface area contributed by atoms with Crippen LogP contribution in [-0.4, -0.2) is 13.5 Å². The molecular formula is C15H18ClNO3S2. The van der Waals surface area contributed by atoms with Crippen LogP contribution in [0.2, 0.25) is 4.34 Å². The van der Waals surface area contributed by atoms with Crippen LogP contribution in [0, 0.1) is 6.92 Å². The van der Waals surface area contributed by atoms with Crippen molar-refractivity contribution >= 4 is 33.0 Å². The van der Waals surface area contributed by atoms with Gasteiger partial charge in [-0.25, -0.2) is 13.1 Å². The number of sulfonamides is 1. The van der Waals surface area contributed by atoms with Crippen molar-refractivity contribution in [3.8, 4) is 0 Å². The van der Waals surface area contributed by atoms with Gasteiger partial charge in [0, 0.05) is 6.54 Å². The van der Waals surface area contributed by atoms with E-state index >= 15 is 0 Å². The lowest BCUT2D eigenvalue weighted by Gasteiger charge is -2.17. The number of halogens is 1. The molecule has 0 atom stereocenters. The summed E-state index contributed by atoms with van der Waals surface area (Å²) in [6.07, 6.45) is 0. The Hall–Kier alpha value is -0.920. The lowest BCUT2D eigenvalue weighted by Crippen LogP contribution is -2.22. The molecule has 0 fully saturated rings. The smallest absolute Gasteiger partial charge is 0.250 e. The van der Waals surface area contributed by atoms with Gasteiger partial charge >= 0.3 is 0 Å². The number of hydrogen-bond donors (Lipinski definition) is 2. The Morgan fingerprint density at radius 2 is 1.86 bits per heavy atom. The lowest BCUT2D eigenvalue weighted by molar-refractivity contribution is 0.0786. The maximum Gasteiger partial charge on any atom is 0.250 e. The van der Waals surface area contributed by atoms with Crippen LogP contribution in [0.25, 0.3) is 0 Å². The van der Waals surface area contributed by atoms with E-state index in [0.29, 0.717) is 4.34 Å². The second-order valence-electron chi connectivity index (χ2n) is 5.60. The first-order valence-corrected chi connectivity index (χ1v) is 9.35. The van der Waals surface area contributed by atoms with Crippen LogP contribution in [0.15, 0.2) is 34.5 Å². The van der Waals surface area contributed by atoms with E-state index < -0.39 is 15.6 Å². The first-order valence-electron chi connectivity index (χ1n) is 6.67. The fourth-order valence-corrected chi connectivity index (χ4v) is 4.61. The Morgan fingerprint density at radius 1 is 1.27 bits per heavy atom. The Morgan fingerprint density at radius 3 is 2.32 bits per heavy atom. The molecule has 0 spiro atoms. The molecule has 120 valence electrons. The highest BCUT2D eigenvalue weighted by atomic mass is 35.5. The molecule has 2 aromatic rings. The van der Waals surface area contributed by atoms with Gasteiger partial charge in [-0.3, -0.25) is 0 Å². The average molecular weight is 360 g/mol. The van der Waals surface area contributed by atoms with Gasteiger partial charge in [0.1, 0.15) is 4.21 Å². The molecule has 4 nitrogen and oxygen atoms in total. The quantitative estimate of drug-likeness (QED) is 0.859. The standard InChI is InChI=1S/C15H18ClNO3S2/c1-10-8-13(21-14(10)16)22(19,20)17-9-11-4-6-12(7-5-11)15(2,3)18/h4-8,17-18H,9H2,1-3H3. The summed E-state index contributed by atoms with van der Waals surface area (Å²) in [4.78, 5) is 0. The van der Waals surface area contributed by atoms with Crippen molar-refractivity contribution in [2.75, 3.05) is 0 Å². The normalized spacial score (nSPS) is 12.6. The highest BCUT2D eigenvalue weighted by molar-refractivity contribution is 7.91. The molecule has 7 heteroatoms. The second-order valence-corrected chi connectivity index (χ2v) is 9.25. The Kier molecular flexibility index (Phi) is 4.99. The maximum absolute atomic E-state index is 12.2. The van der Waals surface area contributed by atoms with Gasteiger partial charge in [-0.05, 0) is 43.5 Å². The molecule has 2 N–H and O–H groups in total. The van der Waals surface area contributed by atoms with E-state index in [4.69, 9.17) is 11.6 Å². The van der Waals surface area contributed by atoms with Crippen molar-refractivity contribution in [2.45, 2.75) is 37.1 Å². The number of benzene rings is 1. The molecular weight excluding hydrogens is 342 g/mol. The molecule has 0 aliphatic heterocycles. The fourth-order valence-electron chi connectivity index (χ4n) is 1.84. The minimum Gasteiger partial charge on any atom is -0.386 e. The monoisotopic (exact) mass is 359 g/mol. The van der Waals surface area contributed by atoms with E-state index in [-0.39, 0.29) is 10.8 Å². The van der Waals surface area contributed by atoms with E-state index in [1.165, 1.54) is 0 Å². The first-order chi connectivity index (χ1) is 10.1. The van der Waals surface area contributed by atoms with Gasteiger partial charge in [0.15, 0.2) is 0 Å². The average Bonchev–Trinajstić information content (AvgIpc) is 2.77. The van der Waals surface area contributed by atoms with Crippen molar-refractivity contribution in [3.63, 3.8) is 0 Å². The number of aliphatic hydroxyl groups is 1. The van der Waals surface area contributed by atoms with Gasteiger partial charge in [-0.15, -0.1) is 11.3 Å². The Bertz CT molecular complexity index is 740. The SMILES string of the molecule is Cc1cc(S(=O)(=O)NCc2ccc(C(C)(C)O)cc2)sc1Cl. The van der Waals surface area contributed by atoms with Crippen LogP contribution >= 0.6 is 22.9 Å². The number of hydrogen-bond acceptors (Lipinski definition) is 4. The van der Waals surface area contributed by atoms with Crippen molar-refractivity contribution in [1.82, 2.24) is 4.72 Å². The van der Waals surface area contributed by atoms with E-state index in [0.717, 1.165) is 28.0 Å². The Labute approximate surface area is 139 Å². The molecule has 0 saturated carbocycles. The maximum atomic E-state index is 12.2. The number of nitrogens with one attached hydrogen (secondary N) is 1. The summed E-state index contributed by atoms with van der Waals surface area (Å²) in [6, 6.07) is 8.73. The van der Waals surface area contributed by atoms with Crippen molar-refractivity contribution < 1.29 is 13.5 Å². The molecule has 0 unspecified atom stereocenters. The summed E-state index contributed by atoms with van der Waals surface area (Å²) < 4.78 is 27.6. The predicted octanol–water partition coefficient (Wildman–Crippen LogP) is 3.42. The molecule has 0 aliphatic rings. The molecule has 22 heavy (non-hydrogen) atoms. The predicted molar refractivity (Wildman–Crippen MR) is 89.8 cm³/mol. The van der Waals surface area contributed by atoms with Gasteiger partial charge in [0.05, 0.1) is 9.94 Å². The van der Waals surface area contributed by atoms with E-state index in [1.54, 1.807) is 51.1 Å². The van der Waals surface area contributed by atoms with Crippen molar-refractivity contribution in [2.24, 2.45) is 0 Å². The third-order valence-electron chi connectivity index (χ3n) is 3.23. The van der Waals surface area contributed by atoms with Gasteiger partial charge in [0.2, 0.25) is 10.0 Å². The molecule has 0 bridgehead atoms. The zero-order valence-electron chi connectivity index (χ0n) is 12.6. The molecule has 1 aromatic carbocycles. The van der Waals surface area contributed by atoms with Crippen LogP contribution < -0.4 is 4.72 Å². The van der Waals surface area contributed by atoms with Crippen molar-refractivity contribution in [1.29, 1.82) is 0 Å². The largest absolute Gasteiger partial charge is 0.386 e. The minimum atomic E-state index is -3.56. The molecule has 0 saturated heterocycles. The summed E-state index contributed by atoms with van der Waals surface area (Å²) in [5.41, 5.74) is 1.43. The third-order valence-corrected chi connectivity index (χ3v) is 6.66. The summed E-state index contributed by atoms with van der Waals surface area (Å²) >= 11 is 6.96. The van der Waals surface area contributed by atoms with Crippen LogP contribution in [0.1, 0.15) is 30.5 Å². The molecule has 0 aliphatic carbocycles. The number of aryl methyl sites for hydroxylation is 1. The van der Waals surface area contributed by atoms with E-state index in [9.17, 15) is 13.5 Å². The summed E-state index contributed by atoms with van der Waals surface area (Å²) in [5, 5.41) is 9.89. The van der Waals surface area contributed by atoms with Crippen LogP contribution in [0.3, 0.4) is 0 Å². The highest BCUT2D eigenvalue weighted by Crippen LogP contribution is 2.30. The van der Waals surface area contributed by atoms with Crippen LogP contribution in [0.5, 0.6) is 0 Å². The first kappa shape index (κ1) is 17.4. The summed E-state index contributed by atoms with van der Waals surface area (Å²) in [7, 11) is -3.56. The zero-order chi connectivity index (χ0) is 16.5.